The van der Waals surface area contributed by atoms with Gasteiger partial charge in [0.1, 0.15) is 9.84 Å². The minimum atomic E-state index is -2.80. The van der Waals surface area contributed by atoms with Crippen LogP contribution in [-0.2, 0) is 9.84 Å². The molecule has 0 saturated carbocycles. The lowest BCUT2D eigenvalue weighted by molar-refractivity contribution is -0.0380. The maximum absolute atomic E-state index is 11.4. The molecule has 0 aliphatic carbocycles. The molecule has 0 aromatic heterocycles. The molecule has 0 radical (unpaired) electrons. The summed E-state index contributed by atoms with van der Waals surface area (Å²) in [4.78, 5) is 2.23. The topological polar surface area (TPSA) is 83.6 Å². The number of likely N-dealkylation sites (tertiary alicyclic amines) is 1. The Kier molecular flexibility index (Phi) is 3.77. The van der Waals surface area contributed by atoms with E-state index in [0.29, 0.717) is 25.4 Å². The third-order valence-electron chi connectivity index (χ3n) is 4.01. The van der Waals surface area contributed by atoms with Crippen LogP contribution in [0.4, 0.5) is 0 Å². The number of nitrogens with two attached hydrogens (primary N) is 1. The van der Waals surface area contributed by atoms with Crippen molar-refractivity contribution in [1.29, 1.82) is 0 Å². The predicted octanol–water partition coefficient (Wildman–Crippen LogP) is -0.651. The van der Waals surface area contributed by atoms with E-state index in [-0.39, 0.29) is 18.1 Å². The number of β-amino-alcohol motifs (C(OH)–C–C–N with tert-alkyl or cyclic N) is 1. The van der Waals surface area contributed by atoms with Crippen LogP contribution in [0.25, 0.3) is 0 Å². The SMILES string of the molecule is NCC1(O)CCCN(C2CCS(=O)(=O)CC2)C1. The molecule has 1 unspecified atom stereocenters. The Bertz CT molecular complexity index is 357. The van der Waals surface area contributed by atoms with Gasteiger partial charge in [0, 0.05) is 19.1 Å². The molecule has 1 atom stereocenters. The number of sulfone groups is 1. The first kappa shape index (κ1) is 13.3. The van der Waals surface area contributed by atoms with Crippen molar-refractivity contribution in [3.05, 3.63) is 0 Å². The standard InChI is InChI=1S/C11H22N2O3S/c12-8-11(14)4-1-5-13(9-11)10-2-6-17(15,16)7-3-10/h10,14H,1-9,12H2. The molecule has 2 heterocycles. The van der Waals surface area contributed by atoms with Gasteiger partial charge in [0.25, 0.3) is 0 Å². The molecule has 0 spiro atoms. The summed E-state index contributed by atoms with van der Waals surface area (Å²) in [5, 5.41) is 10.2. The summed E-state index contributed by atoms with van der Waals surface area (Å²) in [6, 6.07) is 0.303. The van der Waals surface area contributed by atoms with E-state index in [4.69, 9.17) is 5.73 Å². The van der Waals surface area contributed by atoms with Crippen LogP contribution in [0.3, 0.4) is 0 Å². The van der Waals surface area contributed by atoms with Crippen molar-refractivity contribution >= 4 is 9.84 Å². The number of nitrogens with zero attached hydrogens (tertiary/aromatic N) is 1. The van der Waals surface area contributed by atoms with E-state index in [2.05, 4.69) is 4.90 Å². The Labute approximate surface area is 103 Å². The Hall–Kier alpha value is -0.170. The zero-order valence-electron chi connectivity index (χ0n) is 10.1. The molecular weight excluding hydrogens is 240 g/mol. The van der Waals surface area contributed by atoms with Crippen LogP contribution in [0.2, 0.25) is 0 Å². The molecule has 0 aromatic rings. The third kappa shape index (κ3) is 3.19. The highest BCUT2D eigenvalue weighted by molar-refractivity contribution is 7.91. The predicted molar refractivity (Wildman–Crippen MR) is 66.5 cm³/mol. The van der Waals surface area contributed by atoms with E-state index < -0.39 is 15.4 Å². The van der Waals surface area contributed by atoms with Gasteiger partial charge in [-0.05, 0) is 32.2 Å². The van der Waals surface area contributed by atoms with Crippen molar-refractivity contribution in [3.8, 4) is 0 Å². The van der Waals surface area contributed by atoms with Crippen molar-refractivity contribution < 1.29 is 13.5 Å². The molecule has 0 amide bonds. The summed E-state index contributed by atoms with van der Waals surface area (Å²) in [7, 11) is -2.80. The zero-order valence-corrected chi connectivity index (χ0v) is 11.0. The van der Waals surface area contributed by atoms with Gasteiger partial charge in [-0.15, -0.1) is 0 Å². The Balaban J connectivity index is 1.95. The fraction of sp³-hybridized carbons (Fsp3) is 1.00. The van der Waals surface area contributed by atoms with Gasteiger partial charge in [0.05, 0.1) is 17.1 Å². The summed E-state index contributed by atoms with van der Waals surface area (Å²) in [6.45, 7) is 1.83. The molecule has 2 fully saturated rings. The highest BCUT2D eigenvalue weighted by Crippen LogP contribution is 2.26. The van der Waals surface area contributed by atoms with E-state index in [9.17, 15) is 13.5 Å². The largest absolute Gasteiger partial charge is 0.387 e. The minimum absolute atomic E-state index is 0.286. The van der Waals surface area contributed by atoms with E-state index in [1.165, 1.54) is 0 Å². The molecule has 6 heteroatoms. The molecule has 3 N–H and O–H groups in total. The summed E-state index contributed by atoms with van der Waals surface area (Å²) >= 11 is 0. The van der Waals surface area contributed by atoms with E-state index >= 15 is 0 Å². The van der Waals surface area contributed by atoms with E-state index in [1.54, 1.807) is 0 Å². The quantitative estimate of drug-likeness (QED) is 0.691. The second-order valence-electron chi connectivity index (χ2n) is 5.39. The summed E-state index contributed by atoms with van der Waals surface area (Å²) in [5.74, 6) is 0.574. The first-order valence-electron chi connectivity index (χ1n) is 6.31. The van der Waals surface area contributed by atoms with Crippen molar-refractivity contribution in [3.63, 3.8) is 0 Å². The summed E-state index contributed by atoms with van der Waals surface area (Å²) < 4.78 is 22.7. The lowest BCUT2D eigenvalue weighted by Gasteiger charge is -2.43. The zero-order chi connectivity index (χ0) is 12.5. The minimum Gasteiger partial charge on any atom is -0.387 e. The van der Waals surface area contributed by atoms with Crippen molar-refractivity contribution in [2.24, 2.45) is 5.73 Å². The third-order valence-corrected chi connectivity index (χ3v) is 5.72. The van der Waals surface area contributed by atoms with Crippen LogP contribution in [0.5, 0.6) is 0 Å². The molecular formula is C11H22N2O3S. The number of rotatable bonds is 2. The molecule has 2 aliphatic heterocycles. The normalized spacial score (nSPS) is 35.9. The van der Waals surface area contributed by atoms with E-state index in [0.717, 1.165) is 19.4 Å². The summed E-state index contributed by atoms with van der Waals surface area (Å²) in [6.07, 6.45) is 3.09. The number of hydrogen-bond donors (Lipinski definition) is 2. The number of hydrogen-bond acceptors (Lipinski definition) is 5. The maximum Gasteiger partial charge on any atom is 0.150 e. The maximum atomic E-state index is 11.4. The van der Waals surface area contributed by atoms with Crippen LogP contribution in [-0.4, -0.2) is 61.2 Å². The summed E-state index contributed by atoms with van der Waals surface area (Å²) in [5.41, 5.74) is 4.83. The van der Waals surface area contributed by atoms with Gasteiger partial charge in [0.2, 0.25) is 0 Å². The molecule has 2 aliphatic rings. The van der Waals surface area contributed by atoms with Crippen molar-refractivity contribution in [2.75, 3.05) is 31.1 Å². The first-order chi connectivity index (χ1) is 7.94. The van der Waals surface area contributed by atoms with Gasteiger partial charge >= 0.3 is 0 Å². The lowest BCUT2D eigenvalue weighted by atomic mass is 9.91. The van der Waals surface area contributed by atoms with Gasteiger partial charge in [-0.25, -0.2) is 8.42 Å². The Morgan fingerprint density at radius 3 is 2.59 bits per heavy atom. The van der Waals surface area contributed by atoms with Crippen LogP contribution >= 0.6 is 0 Å². The molecule has 2 saturated heterocycles. The number of piperidine rings is 1. The highest BCUT2D eigenvalue weighted by Gasteiger charge is 2.36. The second kappa shape index (κ2) is 4.84. The lowest BCUT2D eigenvalue weighted by Crippen LogP contribution is -2.56. The Morgan fingerprint density at radius 1 is 1.35 bits per heavy atom. The molecule has 17 heavy (non-hydrogen) atoms. The molecule has 2 rings (SSSR count). The monoisotopic (exact) mass is 262 g/mol. The van der Waals surface area contributed by atoms with Crippen LogP contribution in [0.1, 0.15) is 25.7 Å². The second-order valence-corrected chi connectivity index (χ2v) is 7.69. The van der Waals surface area contributed by atoms with Gasteiger partial charge in [-0.2, -0.15) is 0 Å². The van der Waals surface area contributed by atoms with Gasteiger partial charge in [0.15, 0.2) is 0 Å². The molecule has 100 valence electrons. The van der Waals surface area contributed by atoms with Gasteiger partial charge in [-0.3, -0.25) is 4.90 Å². The molecule has 0 bridgehead atoms. The van der Waals surface area contributed by atoms with Gasteiger partial charge in [-0.1, -0.05) is 0 Å². The highest BCUT2D eigenvalue weighted by atomic mass is 32.2. The van der Waals surface area contributed by atoms with Gasteiger partial charge < -0.3 is 10.8 Å². The molecule has 5 nitrogen and oxygen atoms in total. The fourth-order valence-electron chi connectivity index (χ4n) is 2.87. The fourth-order valence-corrected chi connectivity index (χ4v) is 4.33. The van der Waals surface area contributed by atoms with E-state index in [1.807, 2.05) is 0 Å². The number of aliphatic hydroxyl groups is 1. The van der Waals surface area contributed by atoms with Crippen LogP contribution < -0.4 is 5.73 Å². The average Bonchev–Trinajstić information content (AvgIpc) is 2.29. The smallest absolute Gasteiger partial charge is 0.150 e. The molecule has 0 aromatic carbocycles. The average molecular weight is 262 g/mol. The van der Waals surface area contributed by atoms with Crippen LogP contribution in [0, 0.1) is 0 Å². The van der Waals surface area contributed by atoms with Crippen molar-refractivity contribution in [2.45, 2.75) is 37.3 Å². The first-order valence-corrected chi connectivity index (χ1v) is 8.13. The van der Waals surface area contributed by atoms with Crippen LogP contribution in [0.15, 0.2) is 0 Å². The Morgan fingerprint density at radius 2 is 2.00 bits per heavy atom. The van der Waals surface area contributed by atoms with Crippen molar-refractivity contribution in [1.82, 2.24) is 4.90 Å².